The van der Waals surface area contributed by atoms with Gasteiger partial charge in [0.25, 0.3) is 0 Å². The molecule has 0 saturated heterocycles. The Labute approximate surface area is 113 Å². The fraction of sp³-hybridized carbons (Fsp3) is 0.538. The molecule has 0 amide bonds. The van der Waals surface area contributed by atoms with Crippen LogP contribution in [0.4, 0.5) is 0 Å². The number of halogens is 1. The quantitative estimate of drug-likeness (QED) is 0.773. The van der Waals surface area contributed by atoms with Crippen LogP contribution in [0.2, 0.25) is 5.02 Å². The van der Waals surface area contributed by atoms with Crippen molar-refractivity contribution in [2.45, 2.75) is 18.8 Å². The Bertz CT molecular complexity index is 369. The van der Waals surface area contributed by atoms with Crippen LogP contribution in [0.5, 0.6) is 5.75 Å². The van der Waals surface area contributed by atoms with E-state index in [0.29, 0.717) is 11.4 Å². The Kier molecular flexibility index (Phi) is 6.43. The Balaban J connectivity index is 2.89. The van der Waals surface area contributed by atoms with Crippen LogP contribution in [-0.2, 0) is 15.9 Å². The van der Waals surface area contributed by atoms with Gasteiger partial charge in [0.05, 0.1) is 13.2 Å². The SMILES string of the molecule is CNC(Cc1cc(Cl)ccc1OC)C(OC)OC. The van der Waals surface area contributed by atoms with Gasteiger partial charge in [-0.05, 0) is 37.2 Å². The topological polar surface area (TPSA) is 39.7 Å². The number of benzene rings is 1. The van der Waals surface area contributed by atoms with Gasteiger partial charge < -0.3 is 19.5 Å². The summed E-state index contributed by atoms with van der Waals surface area (Å²) in [4.78, 5) is 0. The van der Waals surface area contributed by atoms with Gasteiger partial charge >= 0.3 is 0 Å². The van der Waals surface area contributed by atoms with Crippen molar-refractivity contribution in [3.8, 4) is 5.75 Å². The van der Waals surface area contributed by atoms with E-state index >= 15 is 0 Å². The van der Waals surface area contributed by atoms with E-state index < -0.39 is 0 Å². The molecule has 1 rings (SSSR count). The van der Waals surface area contributed by atoms with Crippen LogP contribution in [0.15, 0.2) is 18.2 Å². The highest BCUT2D eigenvalue weighted by molar-refractivity contribution is 6.30. The molecule has 1 aromatic carbocycles. The Morgan fingerprint density at radius 3 is 2.39 bits per heavy atom. The number of nitrogens with one attached hydrogen (secondary N) is 1. The van der Waals surface area contributed by atoms with Gasteiger partial charge in [0, 0.05) is 19.2 Å². The van der Waals surface area contributed by atoms with Crippen LogP contribution in [0.25, 0.3) is 0 Å². The highest BCUT2D eigenvalue weighted by Gasteiger charge is 2.21. The lowest BCUT2D eigenvalue weighted by Gasteiger charge is -2.25. The molecule has 102 valence electrons. The summed E-state index contributed by atoms with van der Waals surface area (Å²) in [7, 11) is 6.75. The van der Waals surface area contributed by atoms with Crippen LogP contribution in [-0.4, -0.2) is 40.7 Å². The fourth-order valence-electron chi connectivity index (χ4n) is 1.90. The lowest BCUT2D eigenvalue weighted by atomic mass is 10.0. The van der Waals surface area contributed by atoms with Crippen LogP contribution < -0.4 is 10.1 Å². The van der Waals surface area contributed by atoms with Gasteiger partial charge in [-0.2, -0.15) is 0 Å². The minimum absolute atomic E-state index is 0.0207. The highest BCUT2D eigenvalue weighted by Crippen LogP contribution is 2.24. The fourth-order valence-corrected chi connectivity index (χ4v) is 2.10. The molecule has 0 bridgehead atoms. The second-order valence-electron chi connectivity index (χ2n) is 3.90. The predicted molar refractivity (Wildman–Crippen MR) is 72.4 cm³/mol. The first-order valence-corrected chi connectivity index (χ1v) is 6.09. The molecule has 1 atom stereocenters. The predicted octanol–water partition coefficient (Wildman–Crippen LogP) is 2.10. The average Bonchev–Trinajstić information content (AvgIpc) is 2.39. The summed E-state index contributed by atoms with van der Waals surface area (Å²) in [5.41, 5.74) is 1.02. The Morgan fingerprint density at radius 2 is 1.89 bits per heavy atom. The maximum absolute atomic E-state index is 6.01. The molecule has 0 fully saturated rings. The molecule has 0 aromatic heterocycles. The van der Waals surface area contributed by atoms with Gasteiger partial charge in [-0.1, -0.05) is 11.6 Å². The number of rotatable bonds is 7. The molecule has 0 radical (unpaired) electrons. The zero-order valence-corrected chi connectivity index (χ0v) is 12.0. The third-order valence-corrected chi connectivity index (χ3v) is 3.08. The standard InChI is InChI=1S/C13H20ClNO3/c1-15-11(13(17-3)18-4)8-9-7-10(14)5-6-12(9)16-2/h5-7,11,13,15H,8H2,1-4H3. The number of ether oxygens (including phenoxy) is 3. The van der Waals surface area contributed by atoms with Crippen LogP contribution in [0, 0.1) is 0 Å². The molecule has 1 aromatic rings. The normalized spacial score (nSPS) is 12.8. The zero-order chi connectivity index (χ0) is 13.5. The number of hydrogen-bond acceptors (Lipinski definition) is 4. The molecule has 0 aliphatic heterocycles. The van der Waals surface area contributed by atoms with E-state index in [1.807, 2.05) is 25.2 Å². The van der Waals surface area contributed by atoms with Gasteiger partial charge in [-0.15, -0.1) is 0 Å². The van der Waals surface area contributed by atoms with Gasteiger partial charge in [-0.3, -0.25) is 0 Å². The molecule has 5 heteroatoms. The van der Waals surface area contributed by atoms with E-state index in [1.165, 1.54) is 0 Å². The number of likely N-dealkylation sites (N-methyl/N-ethyl adjacent to an activating group) is 1. The zero-order valence-electron chi connectivity index (χ0n) is 11.2. The van der Waals surface area contributed by atoms with Gasteiger partial charge in [0.2, 0.25) is 0 Å². The van der Waals surface area contributed by atoms with Gasteiger partial charge in [-0.25, -0.2) is 0 Å². The van der Waals surface area contributed by atoms with E-state index in [1.54, 1.807) is 21.3 Å². The Hall–Kier alpha value is -0.810. The largest absolute Gasteiger partial charge is 0.496 e. The van der Waals surface area contributed by atoms with Gasteiger partial charge in [0.15, 0.2) is 6.29 Å². The summed E-state index contributed by atoms with van der Waals surface area (Å²) in [6.45, 7) is 0. The maximum atomic E-state index is 6.01. The van der Waals surface area contributed by atoms with Crippen LogP contribution in [0.1, 0.15) is 5.56 Å². The Morgan fingerprint density at radius 1 is 1.22 bits per heavy atom. The number of hydrogen-bond donors (Lipinski definition) is 1. The maximum Gasteiger partial charge on any atom is 0.172 e. The molecule has 0 aliphatic carbocycles. The summed E-state index contributed by atoms with van der Waals surface area (Å²) in [5, 5.41) is 3.86. The minimum atomic E-state index is -0.321. The van der Waals surface area contributed by atoms with Crippen molar-refractivity contribution >= 4 is 11.6 Å². The lowest BCUT2D eigenvalue weighted by molar-refractivity contribution is -0.121. The molecule has 18 heavy (non-hydrogen) atoms. The molecular weight excluding hydrogens is 254 g/mol. The monoisotopic (exact) mass is 273 g/mol. The summed E-state index contributed by atoms with van der Waals surface area (Å²) in [6, 6.07) is 5.58. The second kappa shape index (κ2) is 7.59. The summed E-state index contributed by atoms with van der Waals surface area (Å²) < 4.78 is 15.9. The van der Waals surface area contributed by atoms with Crippen molar-refractivity contribution in [3.63, 3.8) is 0 Å². The lowest BCUT2D eigenvalue weighted by Crippen LogP contribution is -2.41. The minimum Gasteiger partial charge on any atom is -0.496 e. The van der Waals surface area contributed by atoms with E-state index in [9.17, 15) is 0 Å². The summed E-state index contributed by atoms with van der Waals surface area (Å²) in [5.74, 6) is 0.811. The third kappa shape index (κ3) is 3.85. The van der Waals surface area contributed by atoms with Crippen molar-refractivity contribution in [2.24, 2.45) is 0 Å². The highest BCUT2D eigenvalue weighted by atomic mass is 35.5. The summed E-state index contributed by atoms with van der Waals surface area (Å²) in [6.07, 6.45) is 0.380. The van der Waals surface area contributed by atoms with Crippen molar-refractivity contribution < 1.29 is 14.2 Å². The molecule has 0 heterocycles. The molecule has 0 saturated carbocycles. The van der Waals surface area contributed by atoms with E-state index in [2.05, 4.69) is 5.32 Å². The summed E-state index contributed by atoms with van der Waals surface area (Å²) >= 11 is 6.01. The molecular formula is C13H20ClNO3. The average molecular weight is 274 g/mol. The molecule has 1 unspecified atom stereocenters. The first-order chi connectivity index (χ1) is 8.65. The van der Waals surface area contributed by atoms with Crippen LogP contribution in [0.3, 0.4) is 0 Å². The molecule has 0 aliphatic rings. The first-order valence-electron chi connectivity index (χ1n) is 5.71. The van der Waals surface area contributed by atoms with Gasteiger partial charge in [0.1, 0.15) is 5.75 Å². The first kappa shape index (κ1) is 15.2. The van der Waals surface area contributed by atoms with Crippen molar-refractivity contribution in [2.75, 3.05) is 28.4 Å². The van der Waals surface area contributed by atoms with E-state index in [0.717, 1.165) is 11.3 Å². The smallest absolute Gasteiger partial charge is 0.172 e. The molecule has 4 nitrogen and oxygen atoms in total. The van der Waals surface area contributed by atoms with Crippen molar-refractivity contribution in [1.29, 1.82) is 0 Å². The van der Waals surface area contributed by atoms with Crippen molar-refractivity contribution in [3.05, 3.63) is 28.8 Å². The molecule has 0 spiro atoms. The second-order valence-corrected chi connectivity index (χ2v) is 4.33. The van der Waals surface area contributed by atoms with E-state index in [4.69, 9.17) is 25.8 Å². The third-order valence-electron chi connectivity index (χ3n) is 2.85. The molecule has 1 N–H and O–H groups in total. The van der Waals surface area contributed by atoms with Crippen molar-refractivity contribution in [1.82, 2.24) is 5.32 Å². The van der Waals surface area contributed by atoms with Crippen LogP contribution >= 0.6 is 11.6 Å². The van der Waals surface area contributed by atoms with E-state index in [-0.39, 0.29) is 12.3 Å². The number of methoxy groups -OCH3 is 3.